The van der Waals surface area contributed by atoms with Gasteiger partial charge in [-0.05, 0) is 37.1 Å². The van der Waals surface area contributed by atoms with E-state index in [2.05, 4.69) is 24.1 Å². The van der Waals surface area contributed by atoms with E-state index in [4.69, 9.17) is 0 Å². The van der Waals surface area contributed by atoms with Crippen molar-refractivity contribution in [3.63, 3.8) is 0 Å². The van der Waals surface area contributed by atoms with Crippen LogP contribution in [0.15, 0.2) is 58.5 Å². The van der Waals surface area contributed by atoms with Crippen LogP contribution in [0.3, 0.4) is 0 Å². The Hall–Kier alpha value is -2.60. The van der Waals surface area contributed by atoms with Gasteiger partial charge < -0.3 is 5.32 Å². The number of thioether (sulfide) groups is 1. The van der Waals surface area contributed by atoms with E-state index in [1.165, 1.54) is 11.8 Å². The highest BCUT2D eigenvalue weighted by Crippen LogP contribution is 2.19. The minimum Gasteiger partial charge on any atom is -0.325 e. The Bertz CT molecular complexity index is 1010. The highest BCUT2D eigenvalue weighted by Gasteiger charge is 2.14. The van der Waals surface area contributed by atoms with E-state index in [1.54, 1.807) is 10.6 Å². The van der Waals surface area contributed by atoms with Crippen LogP contribution in [0.4, 0.5) is 5.69 Å². The number of nitrogens with one attached hydrogen (secondary N) is 1. The van der Waals surface area contributed by atoms with Crippen molar-refractivity contribution in [2.45, 2.75) is 32.5 Å². The lowest BCUT2D eigenvalue weighted by Crippen LogP contribution is -2.26. The molecule has 6 heteroatoms. The van der Waals surface area contributed by atoms with E-state index in [0.717, 1.165) is 11.3 Å². The van der Waals surface area contributed by atoms with Gasteiger partial charge in [-0.1, -0.05) is 55.4 Å². The molecule has 2 aromatic carbocycles. The molecule has 0 radical (unpaired) electrons. The summed E-state index contributed by atoms with van der Waals surface area (Å²) in [6.07, 6.45) is 0. The molecule has 3 aromatic rings. The number of fused-ring (bicyclic) bond motifs is 1. The van der Waals surface area contributed by atoms with Gasteiger partial charge in [-0.15, -0.1) is 0 Å². The summed E-state index contributed by atoms with van der Waals surface area (Å²) in [5.74, 6) is 0.366. The fraction of sp³-hybridized carbons (Fsp3) is 0.286. The zero-order valence-electron chi connectivity index (χ0n) is 15.7. The summed E-state index contributed by atoms with van der Waals surface area (Å²) in [4.78, 5) is 29.8. The Kier molecular flexibility index (Phi) is 5.96. The number of nitrogens with zero attached hydrogens (tertiary/aromatic N) is 2. The number of carbonyl (C=O) groups is 1. The van der Waals surface area contributed by atoms with Crippen molar-refractivity contribution in [3.05, 3.63) is 64.4 Å². The normalized spacial score (nSPS) is 11.1. The number of aromatic nitrogens is 2. The van der Waals surface area contributed by atoms with Crippen LogP contribution in [0, 0.1) is 12.8 Å². The number of benzene rings is 2. The Morgan fingerprint density at radius 1 is 1.15 bits per heavy atom. The molecular weight excluding hydrogens is 358 g/mol. The Morgan fingerprint density at radius 3 is 2.56 bits per heavy atom. The highest BCUT2D eigenvalue weighted by atomic mass is 32.2. The molecule has 0 spiro atoms. The first-order chi connectivity index (χ1) is 12.9. The fourth-order valence-electron chi connectivity index (χ4n) is 2.75. The second kappa shape index (κ2) is 8.39. The standard InChI is InChI=1S/C21H23N3O2S/c1-14(2)12-24-20(26)17-6-4-5-7-18(17)23-21(24)27-13-19(25)22-16-10-8-15(3)9-11-16/h4-11,14H,12-13H2,1-3H3,(H,22,25). The SMILES string of the molecule is Cc1ccc(NC(=O)CSc2nc3ccccc3c(=O)n2CC(C)C)cc1. The van der Waals surface area contributed by atoms with Crippen molar-refractivity contribution < 1.29 is 4.79 Å². The molecule has 0 saturated carbocycles. The second-order valence-electron chi connectivity index (χ2n) is 6.92. The predicted molar refractivity (Wildman–Crippen MR) is 111 cm³/mol. The van der Waals surface area contributed by atoms with E-state index < -0.39 is 0 Å². The average molecular weight is 382 g/mol. The van der Waals surface area contributed by atoms with Crippen molar-refractivity contribution in [2.75, 3.05) is 11.1 Å². The molecule has 1 N–H and O–H groups in total. The molecule has 1 amide bonds. The summed E-state index contributed by atoms with van der Waals surface area (Å²) in [6.45, 7) is 6.68. The minimum atomic E-state index is -0.123. The average Bonchev–Trinajstić information content (AvgIpc) is 2.64. The summed E-state index contributed by atoms with van der Waals surface area (Å²) < 4.78 is 1.68. The number of amides is 1. The van der Waals surface area contributed by atoms with Crippen LogP contribution >= 0.6 is 11.8 Å². The number of hydrogen-bond donors (Lipinski definition) is 1. The molecule has 0 aliphatic carbocycles. The van der Waals surface area contributed by atoms with Crippen molar-refractivity contribution in [1.29, 1.82) is 0 Å². The third-order valence-corrected chi connectivity index (χ3v) is 5.02. The molecule has 0 atom stereocenters. The van der Waals surface area contributed by atoms with Gasteiger partial charge in [0.05, 0.1) is 16.7 Å². The lowest BCUT2D eigenvalue weighted by Gasteiger charge is -2.15. The maximum Gasteiger partial charge on any atom is 0.262 e. The van der Waals surface area contributed by atoms with E-state index in [0.29, 0.717) is 28.5 Å². The minimum absolute atomic E-state index is 0.0595. The third-order valence-electron chi connectivity index (χ3n) is 4.04. The van der Waals surface area contributed by atoms with E-state index in [-0.39, 0.29) is 17.2 Å². The topological polar surface area (TPSA) is 64.0 Å². The van der Waals surface area contributed by atoms with Gasteiger partial charge in [0.25, 0.3) is 5.56 Å². The molecule has 0 aliphatic heterocycles. The highest BCUT2D eigenvalue weighted by molar-refractivity contribution is 7.99. The van der Waals surface area contributed by atoms with Gasteiger partial charge in [0, 0.05) is 12.2 Å². The molecule has 0 unspecified atom stereocenters. The van der Waals surface area contributed by atoms with Crippen LogP contribution in [0.5, 0.6) is 0 Å². The molecule has 1 aromatic heterocycles. The quantitative estimate of drug-likeness (QED) is 0.516. The van der Waals surface area contributed by atoms with Crippen molar-refractivity contribution in [1.82, 2.24) is 9.55 Å². The van der Waals surface area contributed by atoms with Crippen LogP contribution in [-0.4, -0.2) is 21.2 Å². The van der Waals surface area contributed by atoms with E-state index in [1.807, 2.05) is 49.4 Å². The lowest BCUT2D eigenvalue weighted by molar-refractivity contribution is -0.113. The van der Waals surface area contributed by atoms with Gasteiger partial charge in [0.15, 0.2) is 5.16 Å². The molecule has 0 bridgehead atoms. The summed E-state index contributed by atoms with van der Waals surface area (Å²) in [6, 6.07) is 15.0. The molecule has 5 nitrogen and oxygen atoms in total. The van der Waals surface area contributed by atoms with E-state index >= 15 is 0 Å². The number of para-hydroxylation sites is 1. The summed E-state index contributed by atoms with van der Waals surface area (Å²) in [5, 5.41) is 4.06. The van der Waals surface area contributed by atoms with Crippen LogP contribution in [-0.2, 0) is 11.3 Å². The van der Waals surface area contributed by atoms with Gasteiger partial charge in [0.1, 0.15) is 0 Å². The number of hydrogen-bond acceptors (Lipinski definition) is 4. The number of carbonyl (C=O) groups excluding carboxylic acids is 1. The smallest absolute Gasteiger partial charge is 0.262 e. The first-order valence-electron chi connectivity index (χ1n) is 8.93. The van der Waals surface area contributed by atoms with Gasteiger partial charge in [-0.3, -0.25) is 14.2 Å². The van der Waals surface area contributed by atoms with Crippen molar-refractivity contribution in [2.24, 2.45) is 5.92 Å². The van der Waals surface area contributed by atoms with Crippen LogP contribution in [0.2, 0.25) is 0 Å². The lowest BCUT2D eigenvalue weighted by atomic mass is 10.2. The van der Waals surface area contributed by atoms with Crippen LogP contribution in [0.25, 0.3) is 10.9 Å². The summed E-state index contributed by atoms with van der Waals surface area (Å²) in [5.41, 5.74) is 2.50. The maximum absolute atomic E-state index is 12.9. The summed E-state index contributed by atoms with van der Waals surface area (Å²) >= 11 is 1.29. The van der Waals surface area contributed by atoms with Crippen molar-refractivity contribution >= 4 is 34.3 Å². The zero-order valence-corrected chi connectivity index (χ0v) is 16.5. The van der Waals surface area contributed by atoms with Gasteiger partial charge in [-0.25, -0.2) is 4.98 Å². The Balaban J connectivity index is 1.81. The van der Waals surface area contributed by atoms with Gasteiger partial charge in [-0.2, -0.15) is 0 Å². The molecule has 0 saturated heterocycles. The van der Waals surface area contributed by atoms with Gasteiger partial charge >= 0.3 is 0 Å². The fourth-order valence-corrected chi connectivity index (χ4v) is 3.56. The maximum atomic E-state index is 12.9. The molecule has 27 heavy (non-hydrogen) atoms. The Labute approximate surface area is 162 Å². The number of aryl methyl sites for hydroxylation is 1. The molecule has 0 fully saturated rings. The van der Waals surface area contributed by atoms with Crippen LogP contribution in [0.1, 0.15) is 19.4 Å². The largest absolute Gasteiger partial charge is 0.325 e. The molecule has 3 rings (SSSR count). The van der Waals surface area contributed by atoms with Crippen molar-refractivity contribution in [3.8, 4) is 0 Å². The zero-order chi connectivity index (χ0) is 19.4. The molecule has 0 aliphatic rings. The molecule has 1 heterocycles. The van der Waals surface area contributed by atoms with E-state index in [9.17, 15) is 9.59 Å². The predicted octanol–water partition coefficient (Wildman–Crippen LogP) is 4.09. The molecule has 140 valence electrons. The van der Waals surface area contributed by atoms with Crippen LogP contribution < -0.4 is 10.9 Å². The molecular formula is C21H23N3O2S. The first kappa shape index (κ1) is 19.2. The summed E-state index contributed by atoms with van der Waals surface area (Å²) in [7, 11) is 0. The van der Waals surface area contributed by atoms with Gasteiger partial charge in [0.2, 0.25) is 5.91 Å². The first-order valence-corrected chi connectivity index (χ1v) is 9.91. The number of rotatable bonds is 6. The Morgan fingerprint density at radius 2 is 1.85 bits per heavy atom. The monoisotopic (exact) mass is 381 g/mol. The second-order valence-corrected chi connectivity index (χ2v) is 7.87. The third kappa shape index (κ3) is 4.77. The number of anilines is 1.